The molecule has 4 nitrogen and oxygen atoms in total. The molecule has 1 aliphatic heterocycles. The normalized spacial score (nSPS) is 16.8. The quantitative estimate of drug-likeness (QED) is 0.880. The molecule has 0 radical (unpaired) electrons. The van der Waals surface area contributed by atoms with Crippen molar-refractivity contribution in [3.8, 4) is 0 Å². The second-order valence-electron chi connectivity index (χ2n) is 5.70. The van der Waals surface area contributed by atoms with E-state index in [1.807, 2.05) is 6.07 Å². The highest BCUT2D eigenvalue weighted by atomic mass is 79.9. The predicted octanol–water partition coefficient (Wildman–Crippen LogP) is 2.94. The number of morpholine rings is 1. The van der Waals surface area contributed by atoms with E-state index in [2.05, 4.69) is 40.0 Å². The fraction of sp³-hybridized carbons (Fsp3) is 0.533. The molecule has 0 bridgehead atoms. The summed E-state index contributed by atoms with van der Waals surface area (Å²) in [5, 5.41) is 3.42. The molecule has 116 valence electrons. The molecular formula is C15H20BrClN2O2. The summed E-state index contributed by atoms with van der Waals surface area (Å²) in [6.45, 7) is 8.08. The number of amides is 1. The van der Waals surface area contributed by atoms with Crippen molar-refractivity contribution in [1.29, 1.82) is 0 Å². The van der Waals surface area contributed by atoms with E-state index in [0.717, 1.165) is 30.8 Å². The highest BCUT2D eigenvalue weighted by molar-refractivity contribution is 9.10. The molecule has 21 heavy (non-hydrogen) atoms. The number of hydrogen-bond donors (Lipinski definition) is 1. The average molecular weight is 376 g/mol. The van der Waals surface area contributed by atoms with E-state index in [1.54, 1.807) is 12.1 Å². The minimum Gasteiger partial charge on any atom is -0.379 e. The average Bonchev–Trinajstić information content (AvgIpc) is 2.49. The van der Waals surface area contributed by atoms with E-state index in [1.165, 1.54) is 0 Å². The predicted molar refractivity (Wildman–Crippen MR) is 88.0 cm³/mol. The van der Waals surface area contributed by atoms with E-state index < -0.39 is 0 Å². The molecule has 0 saturated carbocycles. The summed E-state index contributed by atoms with van der Waals surface area (Å²) < 4.78 is 6.09. The molecule has 0 aliphatic carbocycles. The van der Waals surface area contributed by atoms with Gasteiger partial charge in [-0.3, -0.25) is 9.69 Å². The molecular weight excluding hydrogens is 356 g/mol. The molecule has 1 saturated heterocycles. The third-order valence-corrected chi connectivity index (χ3v) is 5.04. The maximum absolute atomic E-state index is 12.3. The van der Waals surface area contributed by atoms with Crippen LogP contribution in [0.3, 0.4) is 0 Å². The number of hydrogen-bond acceptors (Lipinski definition) is 3. The zero-order valence-corrected chi connectivity index (χ0v) is 14.6. The summed E-state index contributed by atoms with van der Waals surface area (Å²) in [7, 11) is 0. The van der Waals surface area contributed by atoms with Crippen molar-refractivity contribution in [1.82, 2.24) is 10.2 Å². The van der Waals surface area contributed by atoms with Crippen LogP contribution in [0.5, 0.6) is 0 Å². The Balaban J connectivity index is 1.98. The molecule has 2 rings (SSSR count). The minimum absolute atomic E-state index is 0.113. The van der Waals surface area contributed by atoms with E-state index in [0.29, 0.717) is 17.1 Å². The van der Waals surface area contributed by atoms with Gasteiger partial charge in [-0.25, -0.2) is 0 Å². The fourth-order valence-electron chi connectivity index (χ4n) is 2.35. The van der Waals surface area contributed by atoms with Crippen LogP contribution >= 0.6 is 27.5 Å². The third kappa shape index (κ3) is 4.19. The second kappa shape index (κ2) is 7.09. The summed E-state index contributed by atoms with van der Waals surface area (Å²) >= 11 is 9.49. The maximum atomic E-state index is 12.3. The Morgan fingerprint density at radius 3 is 2.76 bits per heavy atom. The van der Waals surface area contributed by atoms with Crippen molar-refractivity contribution in [2.75, 3.05) is 32.8 Å². The number of halogens is 2. The smallest absolute Gasteiger partial charge is 0.252 e. The highest BCUT2D eigenvalue weighted by Crippen LogP contribution is 2.26. The molecule has 1 N–H and O–H groups in total. The number of rotatable bonds is 4. The Bertz CT molecular complexity index is 516. The fourth-order valence-corrected chi connectivity index (χ4v) is 2.93. The van der Waals surface area contributed by atoms with E-state index in [9.17, 15) is 4.79 Å². The molecule has 0 spiro atoms. The lowest BCUT2D eigenvalue weighted by molar-refractivity contribution is -0.00923. The molecule has 6 heteroatoms. The summed E-state index contributed by atoms with van der Waals surface area (Å²) in [6.07, 6.45) is 0. The molecule has 1 amide bonds. The van der Waals surface area contributed by atoms with Crippen molar-refractivity contribution in [3.63, 3.8) is 0 Å². The van der Waals surface area contributed by atoms with Crippen molar-refractivity contribution < 1.29 is 9.53 Å². The first-order valence-corrected chi connectivity index (χ1v) is 8.14. The van der Waals surface area contributed by atoms with Gasteiger partial charge in [0, 0.05) is 29.6 Å². The van der Waals surface area contributed by atoms with Gasteiger partial charge >= 0.3 is 0 Å². The molecule has 1 aromatic carbocycles. The monoisotopic (exact) mass is 374 g/mol. The summed E-state index contributed by atoms with van der Waals surface area (Å²) in [5.74, 6) is -0.150. The van der Waals surface area contributed by atoms with Crippen molar-refractivity contribution in [2.24, 2.45) is 0 Å². The topological polar surface area (TPSA) is 41.6 Å². The van der Waals surface area contributed by atoms with Gasteiger partial charge in [0.05, 0.1) is 23.8 Å². The first-order valence-electron chi connectivity index (χ1n) is 6.97. The minimum atomic E-state index is -0.150. The van der Waals surface area contributed by atoms with E-state index in [4.69, 9.17) is 16.3 Å². The number of nitrogens with zero attached hydrogens (tertiary/aromatic N) is 1. The Hall–Kier alpha value is -0.620. The lowest BCUT2D eigenvalue weighted by Gasteiger charge is -2.40. The SMILES string of the molecule is CC(C)(CNC(=O)c1cccc(Br)c1Cl)N1CCOCC1. The summed E-state index contributed by atoms with van der Waals surface area (Å²) in [6, 6.07) is 5.35. The molecule has 0 atom stereocenters. The van der Waals surface area contributed by atoms with Crippen LogP contribution in [-0.4, -0.2) is 49.2 Å². The van der Waals surface area contributed by atoms with Crippen LogP contribution in [0.25, 0.3) is 0 Å². The Morgan fingerprint density at radius 1 is 1.43 bits per heavy atom. The van der Waals surface area contributed by atoms with Gasteiger partial charge in [-0.05, 0) is 41.9 Å². The standard InChI is InChI=1S/C15H20BrClN2O2/c1-15(2,19-6-8-21-9-7-19)10-18-14(20)11-4-3-5-12(16)13(11)17/h3-5H,6-10H2,1-2H3,(H,18,20). The Morgan fingerprint density at radius 2 is 2.10 bits per heavy atom. The molecule has 1 heterocycles. The highest BCUT2D eigenvalue weighted by Gasteiger charge is 2.28. The van der Waals surface area contributed by atoms with Crippen molar-refractivity contribution >= 4 is 33.4 Å². The van der Waals surface area contributed by atoms with Gasteiger partial charge in [-0.15, -0.1) is 0 Å². The zero-order valence-electron chi connectivity index (χ0n) is 12.3. The first-order chi connectivity index (χ1) is 9.92. The van der Waals surface area contributed by atoms with Crippen LogP contribution in [0.15, 0.2) is 22.7 Å². The number of carbonyl (C=O) groups is 1. The zero-order chi connectivity index (χ0) is 15.5. The number of ether oxygens (including phenoxy) is 1. The largest absolute Gasteiger partial charge is 0.379 e. The van der Waals surface area contributed by atoms with Gasteiger partial charge in [0.25, 0.3) is 5.91 Å². The van der Waals surface area contributed by atoms with E-state index >= 15 is 0 Å². The van der Waals surface area contributed by atoms with Crippen LogP contribution in [0.4, 0.5) is 0 Å². The first kappa shape index (κ1) is 16.7. The van der Waals surface area contributed by atoms with Gasteiger partial charge in [-0.1, -0.05) is 17.7 Å². The van der Waals surface area contributed by atoms with Gasteiger partial charge in [0.2, 0.25) is 0 Å². The third-order valence-electron chi connectivity index (χ3n) is 3.74. The Kier molecular flexibility index (Phi) is 5.66. The summed E-state index contributed by atoms with van der Waals surface area (Å²) in [5.41, 5.74) is 0.376. The van der Waals surface area contributed by atoms with Crippen LogP contribution in [0.2, 0.25) is 5.02 Å². The number of carbonyl (C=O) groups excluding carboxylic acids is 1. The Labute approximate surface area is 138 Å². The van der Waals surface area contributed by atoms with E-state index in [-0.39, 0.29) is 11.4 Å². The van der Waals surface area contributed by atoms with Gasteiger partial charge in [0.15, 0.2) is 0 Å². The lowest BCUT2D eigenvalue weighted by Crippen LogP contribution is -2.55. The van der Waals surface area contributed by atoms with Crippen LogP contribution < -0.4 is 5.32 Å². The molecule has 1 fully saturated rings. The van der Waals surface area contributed by atoms with Gasteiger partial charge in [-0.2, -0.15) is 0 Å². The van der Waals surface area contributed by atoms with Gasteiger partial charge < -0.3 is 10.1 Å². The number of nitrogens with one attached hydrogen (secondary N) is 1. The summed E-state index contributed by atoms with van der Waals surface area (Å²) in [4.78, 5) is 14.6. The molecule has 1 aromatic rings. The van der Waals surface area contributed by atoms with Gasteiger partial charge in [0.1, 0.15) is 0 Å². The molecule has 0 aromatic heterocycles. The second-order valence-corrected chi connectivity index (χ2v) is 6.93. The van der Waals surface area contributed by atoms with Crippen molar-refractivity contribution in [3.05, 3.63) is 33.3 Å². The van der Waals surface area contributed by atoms with Crippen molar-refractivity contribution in [2.45, 2.75) is 19.4 Å². The molecule has 0 unspecified atom stereocenters. The van der Waals surface area contributed by atoms with Crippen LogP contribution in [0, 0.1) is 0 Å². The maximum Gasteiger partial charge on any atom is 0.252 e. The number of benzene rings is 1. The van der Waals surface area contributed by atoms with Crippen LogP contribution in [0.1, 0.15) is 24.2 Å². The molecule has 1 aliphatic rings. The van der Waals surface area contributed by atoms with Crippen LogP contribution in [-0.2, 0) is 4.74 Å². The lowest BCUT2D eigenvalue weighted by atomic mass is 10.0.